The molecule has 10 heteroatoms. The van der Waals surface area contributed by atoms with Crippen LogP contribution in [-0.2, 0) is 6.18 Å². The van der Waals surface area contributed by atoms with Gasteiger partial charge in [0.15, 0.2) is 0 Å². The summed E-state index contributed by atoms with van der Waals surface area (Å²) in [6, 6.07) is 10.6. The number of benzene rings is 1. The molecule has 1 aromatic carbocycles. The van der Waals surface area contributed by atoms with Crippen LogP contribution in [0.5, 0.6) is 0 Å². The topological polar surface area (TPSA) is 57.3 Å². The SMILES string of the molecule is Cc1cc(NC2CCC(NC(=O)c3ccc(N4CCCC4)cc3)CC2)cc(C(F)(F)F)n1.S.S. The van der Waals surface area contributed by atoms with Crippen LogP contribution in [0, 0.1) is 6.92 Å². The van der Waals surface area contributed by atoms with Gasteiger partial charge in [0.2, 0.25) is 0 Å². The molecule has 1 aliphatic heterocycles. The van der Waals surface area contributed by atoms with Gasteiger partial charge in [-0.25, -0.2) is 4.98 Å². The molecule has 2 heterocycles. The number of anilines is 2. The van der Waals surface area contributed by atoms with Gasteiger partial charge in [-0.2, -0.15) is 40.2 Å². The number of amides is 1. The molecule has 2 aromatic rings. The molecule has 1 amide bonds. The van der Waals surface area contributed by atoms with E-state index in [9.17, 15) is 18.0 Å². The fraction of sp³-hybridized carbons (Fsp3) is 0.500. The Labute approximate surface area is 212 Å². The van der Waals surface area contributed by atoms with Gasteiger partial charge in [-0.05, 0) is 81.8 Å². The Kier molecular flexibility index (Phi) is 9.99. The average molecular weight is 515 g/mol. The molecular formula is C24H33F3N4OS2. The third-order valence-electron chi connectivity index (χ3n) is 6.28. The summed E-state index contributed by atoms with van der Waals surface area (Å²) < 4.78 is 39.0. The van der Waals surface area contributed by atoms with Crippen molar-refractivity contribution in [3.05, 3.63) is 53.3 Å². The lowest BCUT2D eigenvalue weighted by atomic mass is 9.90. The molecule has 2 N–H and O–H groups in total. The summed E-state index contributed by atoms with van der Waals surface area (Å²) in [5.41, 5.74) is 1.71. The van der Waals surface area contributed by atoms with Gasteiger partial charge < -0.3 is 15.5 Å². The molecule has 0 radical (unpaired) electrons. The maximum atomic E-state index is 13.0. The first kappa shape index (κ1) is 28.2. The van der Waals surface area contributed by atoms with E-state index in [-0.39, 0.29) is 45.0 Å². The Bertz CT molecular complexity index is 942. The Balaban J connectivity index is 0.00000204. The molecule has 1 aromatic heterocycles. The number of aromatic nitrogens is 1. The molecule has 0 unspecified atom stereocenters. The van der Waals surface area contributed by atoms with Crippen molar-refractivity contribution in [2.24, 2.45) is 0 Å². The molecule has 0 atom stereocenters. The highest BCUT2D eigenvalue weighted by Gasteiger charge is 2.33. The van der Waals surface area contributed by atoms with Crippen LogP contribution in [0.3, 0.4) is 0 Å². The van der Waals surface area contributed by atoms with E-state index in [1.54, 1.807) is 13.0 Å². The molecule has 2 fully saturated rings. The molecule has 4 rings (SSSR count). The van der Waals surface area contributed by atoms with Crippen LogP contribution in [0.2, 0.25) is 0 Å². The highest BCUT2D eigenvalue weighted by atomic mass is 32.1. The summed E-state index contributed by atoms with van der Waals surface area (Å²) >= 11 is 0. The van der Waals surface area contributed by atoms with E-state index in [2.05, 4.69) is 20.5 Å². The minimum absolute atomic E-state index is 0. The van der Waals surface area contributed by atoms with E-state index in [0.29, 0.717) is 16.9 Å². The summed E-state index contributed by atoms with van der Waals surface area (Å²) in [4.78, 5) is 18.5. The van der Waals surface area contributed by atoms with Gasteiger partial charge in [0.1, 0.15) is 5.69 Å². The fourth-order valence-corrected chi connectivity index (χ4v) is 4.58. The Morgan fingerprint density at radius 1 is 0.971 bits per heavy atom. The highest BCUT2D eigenvalue weighted by Crippen LogP contribution is 2.31. The zero-order valence-electron chi connectivity index (χ0n) is 19.2. The first-order valence-corrected chi connectivity index (χ1v) is 11.3. The van der Waals surface area contributed by atoms with E-state index in [1.165, 1.54) is 12.8 Å². The standard InChI is InChI=1S/C24H29F3N4O.2H2S/c1-16-14-20(15-22(28-16)24(25,26)27)29-18-6-8-19(9-7-18)30-23(32)17-4-10-21(11-5-17)31-12-2-3-13-31;;/h4-5,10-11,14-15,18-19H,2-3,6-9,12-13H2,1H3,(H,28,29)(H,30,32);2*1H2. The lowest BCUT2D eigenvalue weighted by Crippen LogP contribution is -2.40. The maximum absolute atomic E-state index is 13.0. The summed E-state index contributed by atoms with van der Waals surface area (Å²) in [7, 11) is 0. The van der Waals surface area contributed by atoms with Crippen molar-refractivity contribution in [3.8, 4) is 0 Å². The van der Waals surface area contributed by atoms with Crippen LogP contribution >= 0.6 is 27.0 Å². The first-order valence-electron chi connectivity index (χ1n) is 11.3. The summed E-state index contributed by atoms with van der Waals surface area (Å²) in [6.07, 6.45) is 1.09. The Morgan fingerprint density at radius 3 is 2.15 bits per heavy atom. The van der Waals surface area contributed by atoms with Gasteiger partial charge in [0.05, 0.1) is 0 Å². The molecule has 0 bridgehead atoms. The molecule has 2 aliphatic rings. The van der Waals surface area contributed by atoms with E-state index in [0.717, 1.165) is 50.5 Å². The lowest BCUT2D eigenvalue weighted by molar-refractivity contribution is -0.141. The number of nitrogens with one attached hydrogen (secondary N) is 2. The van der Waals surface area contributed by atoms with Crippen molar-refractivity contribution in [1.29, 1.82) is 0 Å². The minimum atomic E-state index is -4.46. The number of aryl methyl sites for hydroxylation is 1. The normalized spacial score (nSPS) is 20.2. The number of halogens is 3. The third-order valence-corrected chi connectivity index (χ3v) is 6.28. The predicted molar refractivity (Wildman–Crippen MR) is 140 cm³/mol. The van der Waals surface area contributed by atoms with Gasteiger partial charge in [-0.15, -0.1) is 0 Å². The van der Waals surface area contributed by atoms with Crippen molar-refractivity contribution in [2.75, 3.05) is 23.3 Å². The van der Waals surface area contributed by atoms with Crippen LogP contribution in [0.15, 0.2) is 36.4 Å². The monoisotopic (exact) mass is 514 g/mol. The Hall–Kier alpha value is -2.07. The van der Waals surface area contributed by atoms with Crippen LogP contribution in [0.25, 0.3) is 0 Å². The van der Waals surface area contributed by atoms with Crippen molar-refractivity contribution >= 4 is 44.3 Å². The van der Waals surface area contributed by atoms with E-state index < -0.39 is 11.9 Å². The van der Waals surface area contributed by atoms with Crippen LogP contribution in [0.4, 0.5) is 24.5 Å². The molecule has 188 valence electrons. The number of rotatable bonds is 5. The highest BCUT2D eigenvalue weighted by molar-refractivity contribution is 7.59. The van der Waals surface area contributed by atoms with Crippen LogP contribution in [-0.4, -0.2) is 36.1 Å². The van der Waals surface area contributed by atoms with Crippen molar-refractivity contribution in [3.63, 3.8) is 0 Å². The van der Waals surface area contributed by atoms with Crippen molar-refractivity contribution in [2.45, 2.75) is 63.7 Å². The summed E-state index contributed by atoms with van der Waals surface area (Å²) in [5.74, 6) is -0.0750. The quantitative estimate of drug-likeness (QED) is 0.562. The molecule has 1 saturated carbocycles. The number of hydrogen-bond donors (Lipinski definition) is 2. The van der Waals surface area contributed by atoms with Crippen LogP contribution < -0.4 is 15.5 Å². The minimum Gasteiger partial charge on any atom is -0.382 e. The molecule has 1 aliphatic carbocycles. The van der Waals surface area contributed by atoms with E-state index >= 15 is 0 Å². The zero-order valence-corrected chi connectivity index (χ0v) is 21.2. The van der Waals surface area contributed by atoms with E-state index in [4.69, 9.17) is 0 Å². The molecule has 34 heavy (non-hydrogen) atoms. The average Bonchev–Trinajstić information content (AvgIpc) is 3.29. The van der Waals surface area contributed by atoms with Gasteiger partial charge in [-0.1, -0.05) is 0 Å². The number of carbonyl (C=O) groups is 1. The second-order valence-corrected chi connectivity index (χ2v) is 8.79. The third kappa shape index (κ3) is 7.21. The molecule has 5 nitrogen and oxygen atoms in total. The van der Waals surface area contributed by atoms with Gasteiger partial charge >= 0.3 is 6.18 Å². The second kappa shape index (κ2) is 12.1. The van der Waals surface area contributed by atoms with Gasteiger partial charge in [0, 0.05) is 47.8 Å². The number of carbonyl (C=O) groups excluding carboxylic acids is 1. The van der Waals surface area contributed by atoms with Crippen molar-refractivity contribution in [1.82, 2.24) is 10.3 Å². The van der Waals surface area contributed by atoms with Gasteiger partial charge in [-0.3, -0.25) is 4.79 Å². The summed E-state index contributed by atoms with van der Waals surface area (Å²) in [6.45, 7) is 3.70. The maximum Gasteiger partial charge on any atom is 0.433 e. The number of alkyl halides is 3. The number of nitrogens with zero attached hydrogens (tertiary/aromatic N) is 2. The van der Waals surface area contributed by atoms with Crippen LogP contribution in [0.1, 0.15) is 60.3 Å². The molecular weight excluding hydrogens is 481 g/mol. The largest absolute Gasteiger partial charge is 0.433 e. The lowest BCUT2D eigenvalue weighted by Gasteiger charge is -2.30. The Morgan fingerprint density at radius 2 is 1.56 bits per heavy atom. The number of hydrogen-bond acceptors (Lipinski definition) is 4. The predicted octanol–water partition coefficient (Wildman–Crippen LogP) is 5.39. The van der Waals surface area contributed by atoms with Gasteiger partial charge in [0.25, 0.3) is 5.91 Å². The summed E-state index contributed by atoms with van der Waals surface area (Å²) in [5, 5.41) is 6.32. The second-order valence-electron chi connectivity index (χ2n) is 8.79. The van der Waals surface area contributed by atoms with E-state index in [1.807, 2.05) is 24.3 Å². The fourth-order valence-electron chi connectivity index (χ4n) is 4.58. The first-order chi connectivity index (χ1) is 15.3. The van der Waals surface area contributed by atoms with Crippen molar-refractivity contribution < 1.29 is 18.0 Å². The molecule has 1 saturated heterocycles. The smallest absolute Gasteiger partial charge is 0.382 e. The molecule has 0 spiro atoms. The zero-order chi connectivity index (χ0) is 22.7. The number of pyridine rings is 1.